The van der Waals surface area contributed by atoms with Gasteiger partial charge in [0.05, 0.1) is 5.69 Å². The SMILES string of the molecule is CCc1nnc2n1C[C@H](NCc1ccc(-n3cncn3)cc1)CC2. The lowest BCUT2D eigenvalue weighted by Gasteiger charge is -2.25. The predicted molar refractivity (Wildman–Crippen MR) is 89.7 cm³/mol. The van der Waals surface area contributed by atoms with E-state index in [2.05, 4.69) is 61.4 Å². The second-order valence-electron chi connectivity index (χ2n) is 6.12. The first kappa shape index (κ1) is 15.0. The standard InChI is InChI=1S/C17H21N7/c1-2-16-21-22-17-8-5-14(10-23(16)17)19-9-13-3-6-15(7-4-13)24-12-18-11-20-24/h3-4,6-7,11-12,14,19H,2,5,8-10H2,1H3/t14-/m1/s1. The number of hydrogen-bond acceptors (Lipinski definition) is 5. The predicted octanol–water partition coefficient (Wildman–Crippen LogP) is 1.53. The van der Waals surface area contributed by atoms with Gasteiger partial charge in [0.1, 0.15) is 24.3 Å². The van der Waals surface area contributed by atoms with Crippen molar-refractivity contribution in [1.29, 1.82) is 0 Å². The largest absolute Gasteiger partial charge is 0.313 e. The third kappa shape index (κ3) is 2.94. The van der Waals surface area contributed by atoms with Gasteiger partial charge in [-0.05, 0) is 24.1 Å². The minimum absolute atomic E-state index is 0.466. The van der Waals surface area contributed by atoms with Gasteiger partial charge in [0.25, 0.3) is 0 Å². The van der Waals surface area contributed by atoms with Crippen molar-refractivity contribution in [3.05, 3.63) is 54.1 Å². The van der Waals surface area contributed by atoms with E-state index >= 15 is 0 Å². The van der Waals surface area contributed by atoms with Crippen molar-refractivity contribution in [2.75, 3.05) is 0 Å². The molecule has 3 aromatic rings. The third-order valence-corrected chi connectivity index (χ3v) is 4.55. The molecule has 7 heteroatoms. The number of nitrogens with zero attached hydrogens (tertiary/aromatic N) is 6. The highest BCUT2D eigenvalue weighted by atomic mass is 15.3. The monoisotopic (exact) mass is 323 g/mol. The lowest BCUT2D eigenvalue weighted by atomic mass is 10.1. The van der Waals surface area contributed by atoms with Gasteiger partial charge in [-0.3, -0.25) is 0 Å². The van der Waals surface area contributed by atoms with E-state index in [4.69, 9.17) is 0 Å². The third-order valence-electron chi connectivity index (χ3n) is 4.55. The maximum Gasteiger partial charge on any atom is 0.138 e. The van der Waals surface area contributed by atoms with Crippen LogP contribution >= 0.6 is 0 Å². The highest BCUT2D eigenvalue weighted by molar-refractivity contribution is 5.33. The molecular weight excluding hydrogens is 302 g/mol. The van der Waals surface area contributed by atoms with Crippen LogP contribution in [0.4, 0.5) is 0 Å². The van der Waals surface area contributed by atoms with Crippen LogP contribution < -0.4 is 5.32 Å². The van der Waals surface area contributed by atoms with E-state index in [1.165, 1.54) is 5.56 Å². The van der Waals surface area contributed by atoms with Crippen molar-refractivity contribution in [1.82, 2.24) is 34.8 Å². The quantitative estimate of drug-likeness (QED) is 0.771. The molecule has 0 aliphatic carbocycles. The van der Waals surface area contributed by atoms with Gasteiger partial charge in [0.15, 0.2) is 0 Å². The maximum atomic E-state index is 4.29. The van der Waals surface area contributed by atoms with Crippen LogP contribution in [0, 0.1) is 0 Å². The number of benzene rings is 1. The van der Waals surface area contributed by atoms with Crippen LogP contribution in [0.5, 0.6) is 0 Å². The summed E-state index contributed by atoms with van der Waals surface area (Å²) in [7, 11) is 0. The molecule has 3 heterocycles. The van der Waals surface area contributed by atoms with Gasteiger partial charge in [0, 0.05) is 32.0 Å². The second-order valence-corrected chi connectivity index (χ2v) is 6.12. The van der Waals surface area contributed by atoms with Crippen molar-refractivity contribution in [3.8, 4) is 5.69 Å². The van der Waals surface area contributed by atoms with Gasteiger partial charge in [-0.2, -0.15) is 5.10 Å². The molecule has 0 amide bonds. The van der Waals surface area contributed by atoms with Crippen LogP contribution in [-0.4, -0.2) is 35.6 Å². The molecule has 0 radical (unpaired) electrons. The van der Waals surface area contributed by atoms with Crippen LogP contribution in [0.15, 0.2) is 36.9 Å². The summed E-state index contributed by atoms with van der Waals surface area (Å²) in [5, 5.41) is 16.4. The van der Waals surface area contributed by atoms with Crippen molar-refractivity contribution >= 4 is 0 Å². The minimum atomic E-state index is 0.466. The number of fused-ring (bicyclic) bond motifs is 1. The molecule has 7 nitrogen and oxygen atoms in total. The summed E-state index contributed by atoms with van der Waals surface area (Å²) in [6, 6.07) is 8.87. The zero-order valence-electron chi connectivity index (χ0n) is 13.8. The van der Waals surface area contributed by atoms with Crippen LogP contribution in [0.25, 0.3) is 5.69 Å². The Labute approximate surface area is 140 Å². The Morgan fingerprint density at radius 3 is 2.83 bits per heavy atom. The Morgan fingerprint density at radius 2 is 2.08 bits per heavy atom. The Bertz CT molecular complexity index is 775. The highest BCUT2D eigenvalue weighted by Gasteiger charge is 2.21. The molecule has 1 aromatic carbocycles. The molecule has 0 unspecified atom stereocenters. The summed E-state index contributed by atoms with van der Waals surface area (Å²) in [4.78, 5) is 3.97. The molecular formula is C17H21N7. The summed E-state index contributed by atoms with van der Waals surface area (Å²) in [6.07, 6.45) is 6.29. The fourth-order valence-corrected chi connectivity index (χ4v) is 3.18. The molecule has 1 N–H and O–H groups in total. The van der Waals surface area contributed by atoms with Crippen LogP contribution in [0.3, 0.4) is 0 Å². The van der Waals surface area contributed by atoms with Crippen molar-refractivity contribution < 1.29 is 0 Å². The lowest BCUT2D eigenvalue weighted by Crippen LogP contribution is -2.37. The summed E-state index contributed by atoms with van der Waals surface area (Å²) in [5.41, 5.74) is 2.29. The van der Waals surface area contributed by atoms with E-state index < -0.39 is 0 Å². The van der Waals surface area contributed by atoms with E-state index in [1.54, 1.807) is 17.3 Å². The van der Waals surface area contributed by atoms with Gasteiger partial charge in [0.2, 0.25) is 0 Å². The number of nitrogens with one attached hydrogen (secondary N) is 1. The molecule has 1 aliphatic heterocycles. The van der Waals surface area contributed by atoms with Crippen LogP contribution in [-0.2, 0) is 25.9 Å². The number of hydrogen-bond donors (Lipinski definition) is 1. The Kier molecular flexibility index (Phi) is 4.08. The smallest absolute Gasteiger partial charge is 0.138 e. The molecule has 0 saturated heterocycles. The van der Waals surface area contributed by atoms with Crippen LogP contribution in [0.2, 0.25) is 0 Å². The average Bonchev–Trinajstić information content (AvgIpc) is 3.29. The van der Waals surface area contributed by atoms with Crippen molar-refractivity contribution in [3.63, 3.8) is 0 Å². The summed E-state index contributed by atoms with van der Waals surface area (Å²) in [6.45, 7) is 3.95. The van der Waals surface area contributed by atoms with Gasteiger partial charge < -0.3 is 9.88 Å². The average molecular weight is 323 g/mol. The number of aromatic nitrogens is 6. The van der Waals surface area contributed by atoms with Crippen molar-refractivity contribution in [2.45, 2.75) is 45.3 Å². The van der Waals surface area contributed by atoms with E-state index in [-0.39, 0.29) is 0 Å². The van der Waals surface area contributed by atoms with E-state index in [0.29, 0.717) is 6.04 Å². The fraction of sp³-hybridized carbons (Fsp3) is 0.412. The molecule has 1 atom stereocenters. The van der Waals surface area contributed by atoms with Crippen molar-refractivity contribution in [2.24, 2.45) is 0 Å². The van der Waals surface area contributed by atoms with Gasteiger partial charge in [-0.25, -0.2) is 9.67 Å². The molecule has 0 saturated carbocycles. The minimum Gasteiger partial charge on any atom is -0.313 e. The molecule has 4 rings (SSSR count). The highest BCUT2D eigenvalue weighted by Crippen LogP contribution is 2.16. The van der Waals surface area contributed by atoms with Gasteiger partial charge in [-0.15, -0.1) is 10.2 Å². The Hall–Kier alpha value is -2.54. The normalized spacial score (nSPS) is 17.0. The molecule has 24 heavy (non-hydrogen) atoms. The van der Waals surface area contributed by atoms with Gasteiger partial charge >= 0.3 is 0 Å². The molecule has 0 spiro atoms. The zero-order chi connectivity index (χ0) is 16.4. The molecule has 1 aliphatic rings. The number of aryl methyl sites for hydroxylation is 2. The zero-order valence-corrected chi connectivity index (χ0v) is 13.8. The lowest BCUT2D eigenvalue weighted by molar-refractivity contribution is 0.373. The van der Waals surface area contributed by atoms with E-state index in [0.717, 1.165) is 49.7 Å². The first-order chi connectivity index (χ1) is 11.8. The second kappa shape index (κ2) is 6.52. The summed E-state index contributed by atoms with van der Waals surface area (Å²) in [5.74, 6) is 2.22. The number of rotatable bonds is 5. The Balaban J connectivity index is 1.37. The van der Waals surface area contributed by atoms with Crippen LogP contribution in [0.1, 0.15) is 30.6 Å². The molecule has 0 bridgehead atoms. The summed E-state index contributed by atoms with van der Waals surface area (Å²) < 4.78 is 4.03. The molecule has 124 valence electrons. The van der Waals surface area contributed by atoms with E-state index in [9.17, 15) is 0 Å². The Morgan fingerprint density at radius 1 is 1.21 bits per heavy atom. The summed E-state index contributed by atoms with van der Waals surface area (Å²) >= 11 is 0. The molecule has 0 fully saturated rings. The van der Waals surface area contributed by atoms with Gasteiger partial charge in [-0.1, -0.05) is 19.1 Å². The first-order valence-electron chi connectivity index (χ1n) is 8.41. The first-order valence-corrected chi connectivity index (χ1v) is 8.41. The van der Waals surface area contributed by atoms with E-state index in [1.807, 2.05) is 0 Å². The maximum absolute atomic E-state index is 4.29. The topological polar surface area (TPSA) is 73.5 Å². The fourth-order valence-electron chi connectivity index (χ4n) is 3.18. The molecule has 2 aromatic heterocycles.